The van der Waals surface area contributed by atoms with E-state index in [1.807, 2.05) is 18.2 Å². The van der Waals surface area contributed by atoms with E-state index in [-0.39, 0.29) is 5.91 Å². The maximum absolute atomic E-state index is 12.5. The molecule has 1 amide bonds. The van der Waals surface area contributed by atoms with Crippen LogP contribution in [0.25, 0.3) is 0 Å². The minimum absolute atomic E-state index is 0.170. The van der Waals surface area contributed by atoms with Crippen LogP contribution in [0.1, 0.15) is 35.7 Å². The van der Waals surface area contributed by atoms with Crippen LogP contribution in [0.2, 0.25) is 0 Å². The summed E-state index contributed by atoms with van der Waals surface area (Å²) >= 11 is 3.44. The molecule has 6 nitrogen and oxygen atoms in total. The van der Waals surface area contributed by atoms with Crippen LogP contribution in [0.5, 0.6) is 17.2 Å². The highest BCUT2D eigenvalue weighted by molar-refractivity contribution is 9.10. The van der Waals surface area contributed by atoms with Crippen LogP contribution in [0.4, 0.5) is 0 Å². The summed E-state index contributed by atoms with van der Waals surface area (Å²) in [4.78, 5) is 12.5. The van der Waals surface area contributed by atoms with Gasteiger partial charge >= 0.3 is 0 Å². The first-order valence-electron chi connectivity index (χ1n) is 9.58. The van der Waals surface area contributed by atoms with Gasteiger partial charge in [-0.1, -0.05) is 19.4 Å². The average Bonchev–Trinajstić information content (AvgIpc) is 2.74. The Morgan fingerprint density at radius 3 is 2.41 bits per heavy atom. The lowest BCUT2D eigenvalue weighted by molar-refractivity contribution is 0.0950. The van der Waals surface area contributed by atoms with E-state index < -0.39 is 0 Å². The van der Waals surface area contributed by atoms with Crippen LogP contribution in [0, 0.1) is 0 Å². The average molecular weight is 466 g/mol. The molecule has 0 bridgehead atoms. The first kappa shape index (κ1) is 23.0. The largest absolute Gasteiger partial charge is 0.493 e. The number of hydrogen-bond donors (Lipinski definition) is 1. The van der Waals surface area contributed by atoms with Crippen molar-refractivity contribution in [3.05, 3.63) is 52.0 Å². The van der Waals surface area contributed by atoms with Gasteiger partial charge in [-0.2, -0.15) is 0 Å². The molecule has 158 valence electrons. The third kappa shape index (κ3) is 7.25. The number of halogens is 1. The van der Waals surface area contributed by atoms with Gasteiger partial charge in [0, 0.05) is 19.2 Å². The predicted octanol–water partition coefficient (Wildman–Crippen LogP) is 4.59. The SMILES string of the molecule is CCCCOc1ccc(CNC(=O)c2ccc(OCCOC)c(Br)c2)cc1OC. The van der Waals surface area contributed by atoms with Crippen molar-refractivity contribution in [2.45, 2.75) is 26.3 Å². The normalized spacial score (nSPS) is 10.5. The smallest absolute Gasteiger partial charge is 0.251 e. The number of carbonyl (C=O) groups excluding carboxylic acids is 1. The third-order valence-corrected chi connectivity index (χ3v) is 4.80. The Hall–Kier alpha value is -2.25. The maximum atomic E-state index is 12.5. The van der Waals surface area contributed by atoms with Crippen LogP contribution < -0.4 is 19.5 Å². The number of carbonyl (C=O) groups is 1. The molecule has 0 heterocycles. The fourth-order valence-corrected chi connectivity index (χ4v) is 3.04. The number of methoxy groups -OCH3 is 2. The van der Waals surface area contributed by atoms with Crippen LogP contribution in [-0.2, 0) is 11.3 Å². The number of benzene rings is 2. The molecular formula is C22H28BrNO5. The Morgan fingerprint density at radius 2 is 1.72 bits per heavy atom. The molecule has 0 atom stereocenters. The predicted molar refractivity (Wildman–Crippen MR) is 116 cm³/mol. The standard InChI is InChI=1S/C22H28BrNO5/c1-4-5-10-28-20-8-6-16(13-21(20)27-3)15-24-22(25)17-7-9-19(18(23)14-17)29-12-11-26-2/h6-9,13-14H,4-5,10-12,15H2,1-3H3,(H,24,25). The molecule has 0 aliphatic carbocycles. The molecule has 0 saturated heterocycles. The topological polar surface area (TPSA) is 66.0 Å². The van der Waals surface area contributed by atoms with Crippen molar-refractivity contribution in [1.29, 1.82) is 0 Å². The highest BCUT2D eigenvalue weighted by Gasteiger charge is 2.11. The lowest BCUT2D eigenvalue weighted by Gasteiger charge is -2.13. The zero-order valence-electron chi connectivity index (χ0n) is 17.1. The van der Waals surface area contributed by atoms with Crippen molar-refractivity contribution in [3.63, 3.8) is 0 Å². The van der Waals surface area contributed by atoms with Gasteiger partial charge in [-0.25, -0.2) is 0 Å². The van der Waals surface area contributed by atoms with Gasteiger partial charge < -0.3 is 24.3 Å². The number of nitrogens with one attached hydrogen (secondary N) is 1. The van der Waals surface area contributed by atoms with Gasteiger partial charge in [0.15, 0.2) is 11.5 Å². The van der Waals surface area contributed by atoms with Gasteiger partial charge in [-0.05, 0) is 58.2 Å². The molecule has 0 fully saturated rings. The second kappa shape index (κ2) is 12.3. The summed E-state index contributed by atoms with van der Waals surface area (Å²) in [6, 6.07) is 10.9. The quantitative estimate of drug-likeness (QED) is 0.464. The number of hydrogen-bond acceptors (Lipinski definition) is 5. The molecule has 2 aromatic carbocycles. The highest BCUT2D eigenvalue weighted by atomic mass is 79.9. The van der Waals surface area contributed by atoms with Crippen molar-refractivity contribution in [2.24, 2.45) is 0 Å². The third-order valence-electron chi connectivity index (χ3n) is 4.18. The molecular weight excluding hydrogens is 438 g/mol. The van der Waals surface area contributed by atoms with E-state index in [4.69, 9.17) is 18.9 Å². The van der Waals surface area contributed by atoms with E-state index in [0.29, 0.717) is 49.2 Å². The molecule has 7 heteroatoms. The van der Waals surface area contributed by atoms with Crippen LogP contribution in [-0.4, -0.2) is 39.9 Å². The number of amides is 1. The Bertz CT molecular complexity index is 797. The fraction of sp³-hybridized carbons (Fsp3) is 0.409. The van der Waals surface area contributed by atoms with Gasteiger partial charge in [-0.15, -0.1) is 0 Å². The molecule has 0 aromatic heterocycles. The van der Waals surface area contributed by atoms with E-state index in [9.17, 15) is 4.79 Å². The lowest BCUT2D eigenvalue weighted by Crippen LogP contribution is -2.22. The molecule has 29 heavy (non-hydrogen) atoms. The number of ether oxygens (including phenoxy) is 4. The molecule has 0 saturated carbocycles. The van der Waals surface area contributed by atoms with Gasteiger partial charge in [0.2, 0.25) is 0 Å². The van der Waals surface area contributed by atoms with Crippen molar-refractivity contribution < 1.29 is 23.7 Å². The second-order valence-corrected chi connectivity index (χ2v) is 7.21. The number of unbranched alkanes of at least 4 members (excludes halogenated alkanes) is 1. The van der Waals surface area contributed by atoms with E-state index in [0.717, 1.165) is 22.9 Å². The number of rotatable bonds is 12. The Morgan fingerprint density at radius 1 is 0.966 bits per heavy atom. The summed E-state index contributed by atoms with van der Waals surface area (Å²) < 4.78 is 22.4. The van der Waals surface area contributed by atoms with E-state index in [1.165, 1.54) is 0 Å². The summed E-state index contributed by atoms with van der Waals surface area (Å²) in [7, 11) is 3.23. The van der Waals surface area contributed by atoms with Gasteiger partial charge in [-0.3, -0.25) is 4.79 Å². The highest BCUT2D eigenvalue weighted by Crippen LogP contribution is 2.29. The van der Waals surface area contributed by atoms with E-state index in [1.54, 1.807) is 32.4 Å². The van der Waals surface area contributed by atoms with Gasteiger partial charge in [0.05, 0.1) is 24.8 Å². The molecule has 0 aliphatic rings. The van der Waals surface area contributed by atoms with Crippen LogP contribution >= 0.6 is 15.9 Å². The summed E-state index contributed by atoms with van der Waals surface area (Å²) in [5.41, 5.74) is 1.47. The lowest BCUT2D eigenvalue weighted by atomic mass is 10.1. The van der Waals surface area contributed by atoms with E-state index >= 15 is 0 Å². The van der Waals surface area contributed by atoms with Crippen LogP contribution in [0.15, 0.2) is 40.9 Å². The Labute approximate surface area is 180 Å². The van der Waals surface area contributed by atoms with Crippen LogP contribution in [0.3, 0.4) is 0 Å². The molecule has 2 rings (SSSR count). The Balaban J connectivity index is 1.95. The maximum Gasteiger partial charge on any atom is 0.251 e. The first-order chi connectivity index (χ1) is 14.1. The van der Waals surface area contributed by atoms with Gasteiger partial charge in [0.25, 0.3) is 5.91 Å². The summed E-state index contributed by atoms with van der Waals surface area (Å²) in [6.07, 6.45) is 2.07. The van der Waals surface area contributed by atoms with Crippen molar-refractivity contribution >= 4 is 21.8 Å². The Kier molecular flexibility index (Phi) is 9.80. The first-order valence-corrected chi connectivity index (χ1v) is 10.4. The van der Waals surface area contributed by atoms with Gasteiger partial charge in [0.1, 0.15) is 12.4 Å². The van der Waals surface area contributed by atoms with E-state index in [2.05, 4.69) is 28.2 Å². The summed E-state index contributed by atoms with van der Waals surface area (Å²) in [5.74, 6) is 1.87. The van der Waals surface area contributed by atoms with Crippen molar-refractivity contribution in [1.82, 2.24) is 5.32 Å². The minimum atomic E-state index is -0.170. The van der Waals surface area contributed by atoms with Crippen molar-refractivity contribution in [2.75, 3.05) is 34.0 Å². The molecule has 0 spiro atoms. The second-order valence-electron chi connectivity index (χ2n) is 6.36. The molecule has 0 unspecified atom stereocenters. The zero-order valence-corrected chi connectivity index (χ0v) is 18.7. The molecule has 0 radical (unpaired) electrons. The molecule has 2 aromatic rings. The fourth-order valence-electron chi connectivity index (χ4n) is 2.55. The minimum Gasteiger partial charge on any atom is -0.493 e. The summed E-state index contributed by atoms with van der Waals surface area (Å²) in [5, 5.41) is 2.92. The summed E-state index contributed by atoms with van der Waals surface area (Å²) in [6.45, 7) is 4.10. The monoisotopic (exact) mass is 465 g/mol. The molecule has 1 N–H and O–H groups in total. The van der Waals surface area contributed by atoms with Crippen molar-refractivity contribution in [3.8, 4) is 17.2 Å². The zero-order chi connectivity index (χ0) is 21.1. The molecule has 0 aliphatic heterocycles.